The Kier molecular flexibility index (Phi) is 5.47. The Morgan fingerprint density at radius 2 is 2.00 bits per heavy atom. The van der Waals surface area contributed by atoms with Crippen molar-refractivity contribution in [1.29, 1.82) is 0 Å². The minimum atomic E-state index is -3.55. The van der Waals surface area contributed by atoms with E-state index in [4.69, 9.17) is 31.7 Å². The lowest BCUT2D eigenvalue weighted by molar-refractivity contribution is 0.308. The zero-order valence-electron chi connectivity index (χ0n) is 8.86. The molecule has 0 saturated heterocycles. The van der Waals surface area contributed by atoms with Crippen molar-refractivity contribution in [3.8, 4) is 11.5 Å². The molecule has 0 unspecified atom stereocenters. The predicted octanol–water partition coefficient (Wildman–Crippen LogP) is 4.83. The van der Waals surface area contributed by atoms with Crippen LogP contribution in [0.5, 0.6) is 11.5 Å². The van der Waals surface area contributed by atoms with Gasteiger partial charge in [-0.1, -0.05) is 19.4 Å². The molecule has 1 rings (SSSR count). The molecule has 0 radical (unpaired) electrons. The number of halogens is 2. The maximum absolute atomic E-state index is 11.0. The molecule has 0 amide bonds. The summed E-state index contributed by atoms with van der Waals surface area (Å²) >= 11 is 10.6. The molecule has 90 valence electrons. The lowest BCUT2D eigenvalue weighted by atomic mass is 10.3. The monoisotopic (exact) mass is 282 g/mol. The fourth-order valence-electron chi connectivity index (χ4n) is 1.08. The van der Waals surface area contributed by atoms with Crippen LogP contribution in [-0.2, 0) is 4.57 Å². The van der Waals surface area contributed by atoms with Gasteiger partial charge in [0.15, 0.2) is 0 Å². The molecule has 0 aliphatic rings. The Bertz CT molecular complexity index is 378. The van der Waals surface area contributed by atoms with E-state index in [2.05, 4.69) is 6.92 Å². The van der Waals surface area contributed by atoms with E-state index in [9.17, 15) is 4.57 Å². The van der Waals surface area contributed by atoms with Crippen LogP contribution in [0.2, 0.25) is 0 Å². The summed E-state index contributed by atoms with van der Waals surface area (Å²) in [6.45, 7) is 2.72. The lowest BCUT2D eigenvalue weighted by Crippen LogP contribution is -1.96. The minimum Gasteiger partial charge on any atom is -0.493 e. The van der Waals surface area contributed by atoms with Crippen molar-refractivity contribution in [3.63, 3.8) is 0 Å². The van der Waals surface area contributed by atoms with Crippen LogP contribution in [0.4, 0.5) is 0 Å². The van der Waals surface area contributed by atoms with Gasteiger partial charge in [0.2, 0.25) is 0 Å². The third kappa shape index (κ3) is 5.64. The highest BCUT2D eigenvalue weighted by atomic mass is 35.9. The molecule has 0 heterocycles. The smallest absolute Gasteiger partial charge is 0.428 e. The first-order valence-corrected chi connectivity index (χ1v) is 8.36. The molecule has 3 nitrogen and oxygen atoms in total. The maximum Gasteiger partial charge on any atom is 0.428 e. The van der Waals surface area contributed by atoms with Gasteiger partial charge in [-0.2, -0.15) is 0 Å². The van der Waals surface area contributed by atoms with Crippen molar-refractivity contribution in [2.24, 2.45) is 0 Å². The van der Waals surface area contributed by atoms with Gasteiger partial charge >= 0.3 is 6.07 Å². The van der Waals surface area contributed by atoms with Crippen LogP contribution in [0.25, 0.3) is 0 Å². The van der Waals surface area contributed by atoms with E-state index in [0.717, 1.165) is 12.8 Å². The highest BCUT2D eigenvalue weighted by molar-refractivity contribution is 8.05. The molecule has 0 aliphatic carbocycles. The maximum atomic E-state index is 11.0. The van der Waals surface area contributed by atoms with E-state index in [1.807, 2.05) is 0 Å². The van der Waals surface area contributed by atoms with E-state index in [0.29, 0.717) is 18.1 Å². The van der Waals surface area contributed by atoms with Crippen LogP contribution in [0.1, 0.15) is 19.8 Å². The standard InChI is InChI=1S/C10H13Cl2O3P/c1-2-3-7-14-9-5-4-6-10(8-9)15-16(11,12)13/h4-6,8H,2-3,7H2,1H3. The second-order valence-corrected chi connectivity index (χ2v) is 7.38. The molecule has 0 spiro atoms. The zero-order valence-corrected chi connectivity index (χ0v) is 11.3. The van der Waals surface area contributed by atoms with Gasteiger partial charge in [0, 0.05) is 28.5 Å². The van der Waals surface area contributed by atoms with Gasteiger partial charge in [0.25, 0.3) is 0 Å². The highest BCUT2D eigenvalue weighted by Crippen LogP contribution is 2.57. The second-order valence-electron chi connectivity index (χ2n) is 3.18. The molecule has 6 heteroatoms. The molecular formula is C10H13Cl2O3P. The van der Waals surface area contributed by atoms with Gasteiger partial charge in [-0.25, -0.2) is 4.57 Å². The van der Waals surface area contributed by atoms with Crippen LogP contribution in [-0.4, -0.2) is 6.61 Å². The minimum absolute atomic E-state index is 0.335. The van der Waals surface area contributed by atoms with Crippen LogP contribution >= 0.6 is 28.6 Å². The Labute approximate surface area is 105 Å². The van der Waals surface area contributed by atoms with Crippen LogP contribution in [0.3, 0.4) is 0 Å². The van der Waals surface area contributed by atoms with Crippen LogP contribution < -0.4 is 9.26 Å². The third-order valence-electron chi connectivity index (χ3n) is 1.78. The fourth-order valence-corrected chi connectivity index (χ4v) is 1.91. The Hall–Kier alpha value is -0.370. The zero-order chi connectivity index (χ0) is 12.0. The molecule has 1 aromatic rings. The summed E-state index contributed by atoms with van der Waals surface area (Å²) in [6.07, 6.45) is -1.51. The van der Waals surface area contributed by atoms with E-state index in [1.54, 1.807) is 24.3 Å². The molecule has 0 atom stereocenters. The first kappa shape index (κ1) is 13.7. The number of rotatable bonds is 6. The van der Waals surface area contributed by atoms with Gasteiger partial charge in [-0.05, 0) is 18.6 Å². The number of benzene rings is 1. The Morgan fingerprint density at radius 1 is 1.31 bits per heavy atom. The van der Waals surface area contributed by atoms with Crippen LogP contribution in [0.15, 0.2) is 24.3 Å². The first-order valence-electron chi connectivity index (χ1n) is 4.93. The largest absolute Gasteiger partial charge is 0.493 e. The first-order chi connectivity index (χ1) is 7.51. The van der Waals surface area contributed by atoms with E-state index in [1.165, 1.54) is 0 Å². The second kappa shape index (κ2) is 6.39. The number of hydrogen-bond acceptors (Lipinski definition) is 3. The number of ether oxygens (including phenoxy) is 1. The van der Waals surface area contributed by atoms with Gasteiger partial charge in [-0.15, -0.1) is 0 Å². The van der Waals surface area contributed by atoms with Gasteiger partial charge in [-0.3, -0.25) is 0 Å². The van der Waals surface area contributed by atoms with E-state index < -0.39 is 6.07 Å². The average Bonchev–Trinajstić information content (AvgIpc) is 2.16. The van der Waals surface area contributed by atoms with Crippen LogP contribution in [0, 0.1) is 0 Å². The van der Waals surface area contributed by atoms with Gasteiger partial charge in [0.05, 0.1) is 6.61 Å². The molecular weight excluding hydrogens is 270 g/mol. The number of unbranched alkanes of at least 4 members (excludes halogenated alkanes) is 1. The van der Waals surface area contributed by atoms with Crippen molar-refractivity contribution in [2.75, 3.05) is 6.61 Å². The predicted molar refractivity (Wildman–Crippen MR) is 66.8 cm³/mol. The fraction of sp³-hybridized carbons (Fsp3) is 0.400. The molecule has 0 aromatic heterocycles. The molecule has 0 fully saturated rings. The van der Waals surface area contributed by atoms with Crippen molar-refractivity contribution in [2.45, 2.75) is 19.8 Å². The number of hydrogen-bond donors (Lipinski definition) is 0. The summed E-state index contributed by atoms with van der Waals surface area (Å²) in [4.78, 5) is 0. The Balaban J connectivity index is 2.60. The van der Waals surface area contributed by atoms with Crippen molar-refractivity contribution < 1.29 is 13.8 Å². The molecule has 0 aliphatic heterocycles. The van der Waals surface area contributed by atoms with E-state index >= 15 is 0 Å². The van der Waals surface area contributed by atoms with E-state index in [-0.39, 0.29) is 0 Å². The van der Waals surface area contributed by atoms with Crippen molar-refractivity contribution in [3.05, 3.63) is 24.3 Å². The normalized spacial score (nSPS) is 11.2. The summed E-state index contributed by atoms with van der Waals surface area (Å²) in [5.41, 5.74) is 0. The summed E-state index contributed by atoms with van der Waals surface area (Å²) in [6, 6.07) is 6.73. The molecule has 0 N–H and O–H groups in total. The van der Waals surface area contributed by atoms with Crippen molar-refractivity contribution >= 4 is 28.6 Å². The van der Waals surface area contributed by atoms with Gasteiger partial charge in [0.1, 0.15) is 11.5 Å². The highest BCUT2D eigenvalue weighted by Gasteiger charge is 2.16. The molecule has 16 heavy (non-hydrogen) atoms. The SMILES string of the molecule is CCCCOc1cccc(OP(=O)(Cl)Cl)c1. The topological polar surface area (TPSA) is 35.5 Å². The summed E-state index contributed by atoms with van der Waals surface area (Å²) < 4.78 is 21.3. The summed E-state index contributed by atoms with van der Waals surface area (Å²) in [7, 11) is 0. The third-order valence-corrected chi connectivity index (χ3v) is 2.62. The van der Waals surface area contributed by atoms with Gasteiger partial charge < -0.3 is 9.26 Å². The molecule has 0 saturated carbocycles. The van der Waals surface area contributed by atoms with Crippen molar-refractivity contribution in [1.82, 2.24) is 0 Å². The summed E-state index contributed by atoms with van der Waals surface area (Å²) in [5.74, 6) is 0.982. The molecule has 0 bridgehead atoms. The lowest BCUT2D eigenvalue weighted by Gasteiger charge is -2.09. The summed E-state index contributed by atoms with van der Waals surface area (Å²) in [5, 5.41) is 0. The quantitative estimate of drug-likeness (QED) is 0.554. The average molecular weight is 283 g/mol. The molecule has 1 aromatic carbocycles. The Morgan fingerprint density at radius 3 is 2.62 bits per heavy atom.